The Morgan fingerprint density at radius 1 is 1.26 bits per heavy atom. The molecule has 0 aliphatic carbocycles. The molecule has 1 N–H and O–H groups in total. The van der Waals surface area contributed by atoms with Gasteiger partial charge >= 0.3 is 0 Å². The molecule has 2 aromatic heterocycles. The van der Waals surface area contributed by atoms with Crippen molar-refractivity contribution in [2.45, 2.75) is 6.61 Å². The SMILES string of the molecule is S=c1[nH]nc(COc2ccccc2)n1/N=C\C=C\c1ccco1. The molecule has 6 nitrogen and oxygen atoms in total. The van der Waals surface area contributed by atoms with E-state index < -0.39 is 0 Å². The highest BCUT2D eigenvalue weighted by Gasteiger charge is 2.05. The Kier molecular flexibility index (Phi) is 4.80. The van der Waals surface area contributed by atoms with Crippen LogP contribution in [0.1, 0.15) is 11.6 Å². The molecular formula is C16H14N4O2S. The van der Waals surface area contributed by atoms with Crippen LogP contribution in [0.4, 0.5) is 0 Å². The zero-order valence-corrected chi connectivity index (χ0v) is 12.9. The van der Waals surface area contributed by atoms with Crippen molar-refractivity contribution < 1.29 is 9.15 Å². The van der Waals surface area contributed by atoms with E-state index in [9.17, 15) is 0 Å². The number of H-pyrrole nitrogens is 1. The third-order valence-corrected chi connectivity index (χ3v) is 3.16. The van der Waals surface area contributed by atoms with Gasteiger partial charge in [0.2, 0.25) is 4.77 Å². The summed E-state index contributed by atoms with van der Waals surface area (Å²) in [6.07, 6.45) is 6.78. The number of nitrogens with one attached hydrogen (secondary N) is 1. The largest absolute Gasteiger partial charge is 0.486 e. The minimum absolute atomic E-state index is 0.260. The molecule has 0 saturated carbocycles. The zero-order chi connectivity index (χ0) is 15.9. The van der Waals surface area contributed by atoms with E-state index in [1.165, 1.54) is 4.68 Å². The molecule has 0 radical (unpaired) electrons. The molecule has 0 fully saturated rings. The van der Waals surface area contributed by atoms with Crippen LogP contribution in [0.3, 0.4) is 0 Å². The first-order valence-corrected chi connectivity index (χ1v) is 7.32. The lowest BCUT2D eigenvalue weighted by Crippen LogP contribution is -2.03. The number of rotatable bonds is 6. The lowest BCUT2D eigenvalue weighted by Gasteiger charge is -2.04. The van der Waals surface area contributed by atoms with Gasteiger partial charge in [-0.2, -0.15) is 14.9 Å². The monoisotopic (exact) mass is 326 g/mol. The van der Waals surface area contributed by atoms with Crippen molar-refractivity contribution in [3.8, 4) is 5.75 Å². The molecule has 7 heteroatoms. The maximum Gasteiger partial charge on any atom is 0.216 e. The van der Waals surface area contributed by atoms with Crippen molar-refractivity contribution in [3.63, 3.8) is 0 Å². The van der Waals surface area contributed by atoms with Crippen molar-refractivity contribution in [1.29, 1.82) is 0 Å². The summed E-state index contributed by atoms with van der Waals surface area (Å²) in [5.41, 5.74) is 0. The predicted molar refractivity (Wildman–Crippen MR) is 89.8 cm³/mol. The summed E-state index contributed by atoms with van der Waals surface area (Å²) in [5.74, 6) is 2.09. The number of aromatic amines is 1. The Morgan fingerprint density at radius 3 is 2.91 bits per heavy atom. The summed E-state index contributed by atoms with van der Waals surface area (Å²) in [6, 6.07) is 13.2. The number of allylic oxidation sites excluding steroid dienone is 1. The Balaban J connectivity index is 1.67. The molecule has 3 rings (SSSR count). The minimum atomic E-state index is 0.260. The number of hydrogen-bond acceptors (Lipinski definition) is 5. The Morgan fingerprint density at radius 2 is 2.13 bits per heavy atom. The average molecular weight is 326 g/mol. The average Bonchev–Trinajstić information content (AvgIpc) is 3.21. The Labute approximate surface area is 137 Å². The van der Waals surface area contributed by atoms with Crippen LogP contribution in [-0.4, -0.2) is 21.1 Å². The predicted octanol–water partition coefficient (Wildman–Crippen LogP) is 3.66. The van der Waals surface area contributed by atoms with E-state index in [0.29, 0.717) is 10.6 Å². The van der Waals surface area contributed by atoms with Gasteiger partial charge in [-0.25, -0.2) is 5.10 Å². The second-order valence-electron chi connectivity index (χ2n) is 4.50. The minimum Gasteiger partial charge on any atom is -0.486 e. The molecule has 0 atom stereocenters. The normalized spacial score (nSPS) is 11.5. The van der Waals surface area contributed by atoms with Crippen LogP contribution in [-0.2, 0) is 6.61 Å². The maximum atomic E-state index is 5.65. The first-order chi connectivity index (χ1) is 11.3. The molecule has 3 aromatic rings. The van der Waals surface area contributed by atoms with E-state index in [2.05, 4.69) is 15.3 Å². The highest BCUT2D eigenvalue weighted by molar-refractivity contribution is 7.71. The molecule has 0 amide bonds. The Bertz CT molecular complexity index is 848. The van der Waals surface area contributed by atoms with Crippen LogP contribution in [0.5, 0.6) is 5.75 Å². The maximum absolute atomic E-state index is 5.65. The lowest BCUT2D eigenvalue weighted by atomic mass is 10.3. The van der Waals surface area contributed by atoms with Crippen molar-refractivity contribution in [2.24, 2.45) is 5.10 Å². The molecular weight excluding hydrogens is 312 g/mol. The molecule has 23 heavy (non-hydrogen) atoms. The number of hydrogen-bond donors (Lipinski definition) is 1. The molecule has 0 aliphatic rings. The van der Waals surface area contributed by atoms with Crippen LogP contribution in [0, 0.1) is 4.77 Å². The smallest absolute Gasteiger partial charge is 0.216 e. The second-order valence-corrected chi connectivity index (χ2v) is 4.88. The topological polar surface area (TPSA) is 68.3 Å². The van der Waals surface area contributed by atoms with E-state index in [4.69, 9.17) is 21.4 Å². The van der Waals surface area contributed by atoms with E-state index in [0.717, 1.165) is 11.5 Å². The van der Waals surface area contributed by atoms with Gasteiger partial charge in [0.1, 0.15) is 18.1 Å². The van der Waals surface area contributed by atoms with Crippen LogP contribution < -0.4 is 4.74 Å². The zero-order valence-electron chi connectivity index (χ0n) is 12.1. The fourth-order valence-corrected chi connectivity index (χ4v) is 2.03. The standard InChI is InChI=1S/C16H14N4O2S/c23-16-19-18-15(12-22-14-6-2-1-3-7-14)20(16)17-10-4-8-13-9-5-11-21-13/h1-11H,12H2,(H,19,23)/b8-4+,17-10-. The fraction of sp³-hybridized carbons (Fsp3) is 0.0625. The molecule has 0 spiro atoms. The van der Waals surface area contributed by atoms with Gasteiger partial charge in [0.25, 0.3) is 0 Å². The van der Waals surface area contributed by atoms with Gasteiger partial charge in [0.05, 0.1) is 6.26 Å². The van der Waals surface area contributed by atoms with E-state index in [1.807, 2.05) is 42.5 Å². The summed E-state index contributed by atoms with van der Waals surface area (Å²) in [5, 5.41) is 11.1. The summed E-state index contributed by atoms with van der Waals surface area (Å²) < 4.78 is 12.8. The molecule has 0 aliphatic heterocycles. The van der Waals surface area contributed by atoms with Crippen LogP contribution in [0.25, 0.3) is 6.08 Å². The first kappa shape index (κ1) is 15.0. The summed E-state index contributed by atoms with van der Waals surface area (Å²) in [4.78, 5) is 0. The highest BCUT2D eigenvalue weighted by atomic mass is 32.1. The van der Waals surface area contributed by atoms with Crippen LogP contribution >= 0.6 is 12.2 Å². The van der Waals surface area contributed by atoms with Gasteiger partial charge in [-0.3, -0.25) is 0 Å². The highest BCUT2D eigenvalue weighted by Crippen LogP contribution is 2.10. The number of ether oxygens (including phenoxy) is 1. The third kappa shape index (κ3) is 4.04. The van der Waals surface area contributed by atoms with E-state index >= 15 is 0 Å². The number of furan rings is 1. The van der Waals surface area contributed by atoms with Crippen molar-refractivity contribution >= 4 is 24.5 Å². The van der Waals surface area contributed by atoms with Crippen molar-refractivity contribution in [1.82, 2.24) is 14.9 Å². The number of aromatic nitrogens is 3. The van der Waals surface area contributed by atoms with E-state index in [1.54, 1.807) is 24.6 Å². The van der Waals surface area contributed by atoms with Crippen LogP contribution in [0.2, 0.25) is 0 Å². The van der Waals surface area contributed by atoms with Gasteiger partial charge in [-0.1, -0.05) is 18.2 Å². The van der Waals surface area contributed by atoms with Gasteiger partial charge in [-0.05, 0) is 48.6 Å². The molecule has 0 unspecified atom stereocenters. The molecule has 0 saturated heterocycles. The molecule has 2 heterocycles. The lowest BCUT2D eigenvalue weighted by molar-refractivity contribution is 0.290. The van der Waals surface area contributed by atoms with Gasteiger partial charge in [-0.15, -0.1) is 0 Å². The summed E-state index contributed by atoms with van der Waals surface area (Å²) in [6.45, 7) is 0.260. The molecule has 1 aromatic carbocycles. The Hall–Kier alpha value is -2.93. The summed E-state index contributed by atoms with van der Waals surface area (Å²) >= 11 is 5.17. The van der Waals surface area contributed by atoms with Crippen molar-refractivity contribution in [2.75, 3.05) is 0 Å². The quantitative estimate of drug-likeness (QED) is 0.554. The number of para-hydroxylation sites is 1. The van der Waals surface area contributed by atoms with Crippen molar-refractivity contribution in [3.05, 3.63) is 71.2 Å². The van der Waals surface area contributed by atoms with Gasteiger partial charge in [0, 0.05) is 6.21 Å². The third-order valence-electron chi connectivity index (χ3n) is 2.90. The summed E-state index contributed by atoms with van der Waals surface area (Å²) in [7, 11) is 0. The fourth-order valence-electron chi connectivity index (χ4n) is 1.83. The van der Waals surface area contributed by atoms with Gasteiger partial charge in [0.15, 0.2) is 5.82 Å². The molecule has 0 bridgehead atoms. The second kappa shape index (κ2) is 7.37. The van der Waals surface area contributed by atoms with Gasteiger partial charge < -0.3 is 9.15 Å². The first-order valence-electron chi connectivity index (χ1n) is 6.91. The van der Waals surface area contributed by atoms with Crippen LogP contribution in [0.15, 0.2) is 64.3 Å². The molecule has 116 valence electrons. The number of benzene rings is 1. The number of nitrogens with zero attached hydrogens (tertiary/aromatic N) is 3. The van der Waals surface area contributed by atoms with E-state index in [-0.39, 0.29) is 6.61 Å².